The number of aromatic nitrogens is 2. The maximum absolute atomic E-state index is 12.3. The predicted octanol–water partition coefficient (Wildman–Crippen LogP) is 2.80. The number of H-pyrrole nitrogens is 1. The number of fused-ring (bicyclic) bond motifs is 2. The van der Waals surface area contributed by atoms with Crippen molar-refractivity contribution in [2.75, 3.05) is 0 Å². The average Bonchev–Trinajstić information content (AvgIpc) is 2.85. The molecule has 2 N–H and O–H groups in total. The number of piperidine rings is 1. The highest BCUT2D eigenvalue weighted by atomic mass is 16.3. The van der Waals surface area contributed by atoms with Crippen molar-refractivity contribution in [3.05, 3.63) is 51.4 Å². The summed E-state index contributed by atoms with van der Waals surface area (Å²) in [5.74, 6) is 0.642. The van der Waals surface area contributed by atoms with Gasteiger partial charge >= 0.3 is 0 Å². The Morgan fingerprint density at radius 3 is 2.65 bits per heavy atom. The van der Waals surface area contributed by atoms with E-state index in [2.05, 4.69) is 27.0 Å². The Balaban J connectivity index is 1.59. The van der Waals surface area contributed by atoms with Crippen LogP contribution in [0.4, 0.5) is 0 Å². The topological polar surface area (TPSA) is 69.2 Å². The molecule has 2 fully saturated rings. The van der Waals surface area contributed by atoms with Gasteiger partial charge in [0.2, 0.25) is 0 Å². The molecule has 0 aliphatic carbocycles. The molecule has 1 aromatic carbocycles. The van der Waals surface area contributed by atoms with E-state index in [-0.39, 0.29) is 11.7 Å². The maximum Gasteiger partial charge on any atom is 0.254 e. The molecule has 4 rings (SSSR count). The molecule has 5 heteroatoms. The fourth-order valence-electron chi connectivity index (χ4n) is 4.69. The quantitative estimate of drug-likeness (QED) is 0.887. The number of benzene rings is 1. The lowest BCUT2D eigenvalue weighted by Crippen LogP contribution is -2.44. The molecule has 3 heterocycles. The minimum atomic E-state index is -0.135. The lowest BCUT2D eigenvalue weighted by Gasteiger charge is -2.37. The van der Waals surface area contributed by atoms with Crippen molar-refractivity contribution in [3.8, 4) is 11.4 Å². The van der Waals surface area contributed by atoms with Gasteiger partial charge in [0.15, 0.2) is 0 Å². The van der Waals surface area contributed by atoms with Crippen LogP contribution >= 0.6 is 0 Å². The number of aliphatic hydroxyl groups excluding tert-OH is 1. The summed E-state index contributed by atoms with van der Waals surface area (Å²) in [5, 5.41) is 9.99. The van der Waals surface area contributed by atoms with Crippen LogP contribution in [0, 0.1) is 6.92 Å². The molecule has 0 spiro atoms. The van der Waals surface area contributed by atoms with Gasteiger partial charge in [0.1, 0.15) is 5.82 Å². The van der Waals surface area contributed by atoms with E-state index in [0.29, 0.717) is 24.3 Å². The number of hydrogen-bond donors (Lipinski definition) is 2. The highest BCUT2D eigenvalue weighted by Crippen LogP contribution is 2.37. The number of nitrogens with zero attached hydrogens (tertiary/aromatic N) is 2. The molecule has 2 aliphatic heterocycles. The van der Waals surface area contributed by atoms with Crippen molar-refractivity contribution in [2.24, 2.45) is 0 Å². The fourth-order valence-corrected chi connectivity index (χ4v) is 4.69. The number of hydrogen-bond acceptors (Lipinski definition) is 4. The molecule has 0 amide bonds. The van der Waals surface area contributed by atoms with Crippen LogP contribution in [-0.2, 0) is 13.0 Å². The minimum Gasteiger partial charge on any atom is -0.393 e. The molecule has 2 aliphatic rings. The molecular formula is C21H27N3O2. The molecule has 0 radical (unpaired) electrons. The van der Waals surface area contributed by atoms with Crippen LogP contribution in [-0.4, -0.2) is 38.2 Å². The second-order valence-corrected chi connectivity index (χ2v) is 7.71. The van der Waals surface area contributed by atoms with Gasteiger partial charge in [-0.25, -0.2) is 4.98 Å². The Labute approximate surface area is 154 Å². The third-order valence-electron chi connectivity index (χ3n) is 6.00. The van der Waals surface area contributed by atoms with Crippen molar-refractivity contribution in [2.45, 2.75) is 70.7 Å². The standard InChI is InChI=1S/C21H27N3O2/c1-3-19-13(2)22-20(23-21(19)26)15-6-4-5-14(9-15)12-24-16-7-8-17(24)11-18(25)10-16/h4-6,9,16-18,25H,3,7-8,10-12H2,1-2H3,(H,22,23,26)/t16-,17+,18?. The van der Waals surface area contributed by atoms with Crippen LogP contribution in [0.15, 0.2) is 29.1 Å². The second-order valence-electron chi connectivity index (χ2n) is 7.71. The summed E-state index contributed by atoms with van der Waals surface area (Å²) in [7, 11) is 0. The number of aromatic amines is 1. The van der Waals surface area contributed by atoms with Crippen molar-refractivity contribution in [3.63, 3.8) is 0 Å². The van der Waals surface area contributed by atoms with E-state index in [4.69, 9.17) is 0 Å². The summed E-state index contributed by atoms with van der Waals surface area (Å²) in [6.07, 6.45) is 4.72. The van der Waals surface area contributed by atoms with Gasteiger partial charge in [-0.2, -0.15) is 0 Å². The fraction of sp³-hybridized carbons (Fsp3) is 0.524. The molecule has 1 aromatic heterocycles. The first-order valence-corrected chi connectivity index (χ1v) is 9.68. The van der Waals surface area contributed by atoms with Crippen LogP contribution in [0.3, 0.4) is 0 Å². The molecule has 0 saturated carbocycles. The van der Waals surface area contributed by atoms with Gasteiger partial charge in [-0.15, -0.1) is 0 Å². The molecule has 2 bridgehead atoms. The normalized spacial score (nSPS) is 25.6. The van der Waals surface area contributed by atoms with Gasteiger partial charge < -0.3 is 10.1 Å². The smallest absolute Gasteiger partial charge is 0.254 e. The Morgan fingerprint density at radius 1 is 1.27 bits per heavy atom. The van der Waals surface area contributed by atoms with E-state index in [1.54, 1.807) is 0 Å². The van der Waals surface area contributed by atoms with Gasteiger partial charge in [-0.05, 0) is 50.7 Å². The number of aryl methyl sites for hydroxylation is 1. The first-order valence-electron chi connectivity index (χ1n) is 9.68. The molecule has 1 unspecified atom stereocenters. The monoisotopic (exact) mass is 353 g/mol. The lowest BCUT2D eigenvalue weighted by atomic mass is 9.98. The van der Waals surface area contributed by atoms with E-state index in [0.717, 1.165) is 36.2 Å². The van der Waals surface area contributed by atoms with E-state index in [9.17, 15) is 9.90 Å². The summed E-state index contributed by atoms with van der Waals surface area (Å²) in [5.41, 5.74) is 3.71. The van der Waals surface area contributed by atoms with E-state index in [1.807, 2.05) is 26.0 Å². The summed E-state index contributed by atoms with van der Waals surface area (Å²) in [6, 6.07) is 9.30. The molecule has 26 heavy (non-hydrogen) atoms. The first kappa shape index (κ1) is 17.4. The zero-order valence-corrected chi connectivity index (χ0v) is 15.5. The van der Waals surface area contributed by atoms with Crippen LogP contribution in [0.2, 0.25) is 0 Å². The van der Waals surface area contributed by atoms with Crippen LogP contribution in [0.25, 0.3) is 11.4 Å². The first-order chi connectivity index (χ1) is 12.5. The van der Waals surface area contributed by atoms with Gasteiger partial charge in [0, 0.05) is 35.4 Å². The molecule has 2 aromatic rings. The van der Waals surface area contributed by atoms with Crippen molar-refractivity contribution >= 4 is 0 Å². The predicted molar refractivity (Wildman–Crippen MR) is 102 cm³/mol. The third kappa shape index (κ3) is 3.21. The van der Waals surface area contributed by atoms with Gasteiger partial charge in [0.05, 0.1) is 6.10 Å². The number of aliphatic hydroxyl groups is 1. The third-order valence-corrected chi connectivity index (χ3v) is 6.00. The zero-order chi connectivity index (χ0) is 18.3. The van der Waals surface area contributed by atoms with Crippen molar-refractivity contribution in [1.29, 1.82) is 0 Å². The van der Waals surface area contributed by atoms with Crippen LogP contribution in [0.1, 0.15) is 49.4 Å². The average molecular weight is 353 g/mol. The highest BCUT2D eigenvalue weighted by Gasteiger charge is 2.39. The van der Waals surface area contributed by atoms with E-state index in [1.165, 1.54) is 18.4 Å². The maximum atomic E-state index is 12.3. The van der Waals surface area contributed by atoms with Crippen LogP contribution < -0.4 is 5.56 Å². The lowest BCUT2D eigenvalue weighted by molar-refractivity contribution is 0.0310. The molecule has 3 atom stereocenters. The van der Waals surface area contributed by atoms with Gasteiger partial charge in [0.25, 0.3) is 5.56 Å². The second kappa shape index (κ2) is 6.97. The summed E-state index contributed by atoms with van der Waals surface area (Å²) < 4.78 is 0. The molecule has 2 saturated heterocycles. The van der Waals surface area contributed by atoms with Gasteiger partial charge in [-0.3, -0.25) is 9.69 Å². The number of nitrogens with one attached hydrogen (secondary N) is 1. The summed E-state index contributed by atoms with van der Waals surface area (Å²) >= 11 is 0. The van der Waals surface area contributed by atoms with E-state index >= 15 is 0 Å². The Kier molecular flexibility index (Phi) is 4.67. The highest BCUT2D eigenvalue weighted by molar-refractivity contribution is 5.56. The number of rotatable bonds is 4. The van der Waals surface area contributed by atoms with Crippen molar-refractivity contribution < 1.29 is 5.11 Å². The Hall–Kier alpha value is -1.98. The van der Waals surface area contributed by atoms with Crippen LogP contribution in [0.5, 0.6) is 0 Å². The zero-order valence-electron chi connectivity index (χ0n) is 15.5. The summed E-state index contributed by atoms with van der Waals surface area (Å²) in [6.45, 7) is 4.77. The Morgan fingerprint density at radius 2 is 2.00 bits per heavy atom. The SMILES string of the molecule is CCc1c(C)nc(-c2cccc(CN3[C@@H]4CC[C@H]3CC(O)C4)c2)[nH]c1=O. The van der Waals surface area contributed by atoms with E-state index < -0.39 is 0 Å². The largest absolute Gasteiger partial charge is 0.393 e. The summed E-state index contributed by atoms with van der Waals surface area (Å²) in [4.78, 5) is 22.4. The minimum absolute atomic E-state index is 0.0385. The Bertz CT molecular complexity index is 847. The van der Waals surface area contributed by atoms with Gasteiger partial charge in [-0.1, -0.05) is 25.1 Å². The molecular weight excluding hydrogens is 326 g/mol. The van der Waals surface area contributed by atoms with Crippen molar-refractivity contribution in [1.82, 2.24) is 14.9 Å². The molecule has 138 valence electrons. The molecule has 5 nitrogen and oxygen atoms in total.